The Labute approximate surface area is 85.0 Å². The van der Waals surface area contributed by atoms with E-state index in [4.69, 9.17) is 4.84 Å². The van der Waals surface area contributed by atoms with Crippen LogP contribution in [-0.4, -0.2) is 35.0 Å². The Balaban J connectivity index is 1.89. The molecule has 0 aromatic heterocycles. The summed E-state index contributed by atoms with van der Waals surface area (Å²) in [5.74, 6) is 0.747. The fourth-order valence-corrected chi connectivity index (χ4v) is 3.79. The Morgan fingerprint density at radius 1 is 1.29 bits per heavy atom. The molecule has 2 saturated heterocycles. The first kappa shape index (κ1) is 9.13. The predicted octanol–water partition coefficient (Wildman–Crippen LogP) is 1.32. The largest absolute Gasteiger partial charge is 0.395 e. The molecule has 1 N–H and O–H groups in total. The lowest BCUT2D eigenvalue weighted by molar-refractivity contribution is -0.216. The van der Waals surface area contributed by atoms with E-state index in [1.165, 1.54) is 32.1 Å². The number of piperidine rings is 1. The maximum atomic E-state index is 9.33. The van der Waals surface area contributed by atoms with E-state index < -0.39 is 0 Å². The van der Waals surface area contributed by atoms with Gasteiger partial charge in [0.15, 0.2) is 0 Å². The van der Waals surface area contributed by atoms with Crippen molar-refractivity contribution in [2.24, 2.45) is 5.92 Å². The van der Waals surface area contributed by atoms with Crippen molar-refractivity contribution < 1.29 is 9.94 Å². The molecule has 0 aromatic rings. The fourth-order valence-electron chi connectivity index (χ4n) is 3.79. The molecule has 3 fully saturated rings. The normalized spacial score (nSPS) is 47.8. The Morgan fingerprint density at radius 3 is 2.86 bits per heavy atom. The Hall–Kier alpha value is -0.120. The molecule has 2 aliphatic heterocycles. The van der Waals surface area contributed by atoms with Crippen LogP contribution in [0.2, 0.25) is 0 Å². The molecule has 3 aliphatic rings. The molecule has 1 aliphatic carbocycles. The second kappa shape index (κ2) is 3.19. The molecule has 3 atom stereocenters. The average molecular weight is 197 g/mol. The first-order valence-electron chi connectivity index (χ1n) is 5.90. The van der Waals surface area contributed by atoms with Crippen LogP contribution in [0.15, 0.2) is 0 Å². The van der Waals surface area contributed by atoms with Gasteiger partial charge in [-0.05, 0) is 32.1 Å². The highest BCUT2D eigenvalue weighted by Gasteiger charge is 2.56. The minimum absolute atomic E-state index is 0.258. The molecule has 1 saturated carbocycles. The van der Waals surface area contributed by atoms with Crippen LogP contribution in [0, 0.1) is 5.92 Å². The number of nitrogens with zero attached hydrogens (tertiary/aromatic N) is 1. The highest BCUT2D eigenvalue weighted by molar-refractivity contribution is 5.05. The van der Waals surface area contributed by atoms with E-state index in [9.17, 15) is 5.11 Å². The van der Waals surface area contributed by atoms with Crippen molar-refractivity contribution in [2.45, 2.75) is 50.1 Å². The number of aliphatic hydroxyl groups is 1. The molecule has 1 spiro atoms. The van der Waals surface area contributed by atoms with Crippen molar-refractivity contribution in [3.8, 4) is 0 Å². The molecule has 3 nitrogen and oxygen atoms in total. The highest BCUT2D eigenvalue weighted by atomic mass is 16.7. The maximum absolute atomic E-state index is 9.33. The lowest BCUT2D eigenvalue weighted by atomic mass is 9.79. The van der Waals surface area contributed by atoms with Gasteiger partial charge >= 0.3 is 0 Å². The van der Waals surface area contributed by atoms with Crippen molar-refractivity contribution in [3.05, 3.63) is 0 Å². The molecule has 3 rings (SSSR count). The molecule has 0 aromatic carbocycles. The third-order valence-corrected chi connectivity index (χ3v) is 4.47. The summed E-state index contributed by atoms with van der Waals surface area (Å²) in [5.41, 5.74) is 0.325. The van der Waals surface area contributed by atoms with Crippen molar-refractivity contribution in [2.75, 3.05) is 13.2 Å². The highest BCUT2D eigenvalue weighted by Crippen LogP contribution is 2.51. The van der Waals surface area contributed by atoms with E-state index in [0.29, 0.717) is 5.54 Å². The Kier molecular flexibility index (Phi) is 2.08. The minimum Gasteiger partial charge on any atom is -0.395 e. The van der Waals surface area contributed by atoms with Crippen LogP contribution in [0.5, 0.6) is 0 Å². The number of hydrogen-bond donors (Lipinski definition) is 1. The van der Waals surface area contributed by atoms with Crippen LogP contribution >= 0.6 is 0 Å². The van der Waals surface area contributed by atoms with E-state index in [1.54, 1.807) is 0 Å². The number of hydroxylamine groups is 2. The minimum atomic E-state index is 0.258. The van der Waals surface area contributed by atoms with Gasteiger partial charge < -0.3 is 5.11 Å². The van der Waals surface area contributed by atoms with Crippen molar-refractivity contribution in [1.29, 1.82) is 0 Å². The standard InChI is InChI=1S/C11H19NO2/c13-7-10-4-2-6-11-5-1-3-9(11)8-14-12(10)11/h9-10,13H,1-8H2. The molecule has 0 radical (unpaired) electrons. The number of hydrogen-bond acceptors (Lipinski definition) is 3. The summed E-state index contributed by atoms with van der Waals surface area (Å²) in [6, 6.07) is 0.270. The SMILES string of the molecule is OCC1CCCC23CCCC2CON13. The van der Waals surface area contributed by atoms with E-state index in [1.807, 2.05) is 0 Å². The molecule has 14 heavy (non-hydrogen) atoms. The van der Waals surface area contributed by atoms with E-state index in [2.05, 4.69) is 5.06 Å². The summed E-state index contributed by atoms with van der Waals surface area (Å²) in [7, 11) is 0. The van der Waals surface area contributed by atoms with Gasteiger partial charge in [-0.1, -0.05) is 6.42 Å². The molecular weight excluding hydrogens is 178 g/mol. The van der Waals surface area contributed by atoms with Crippen LogP contribution in [-0.2, 0) is 4.84 Å². The second-order valence-electron chi connectivity index (χ2n) is 5.04. The average Bonchev–Trinajstić information content (AvgIpc) is 2.72. The van der Waals surface area contributed by atoms with Crippen LogP contribution < -0.4 is 0 Å². The van der Waals surface area contributed by atoms with Gasteiger partial charge in [-0.2, -0.15) is 5.06 Å². The molecule has 3 heteroatoms. The fraction of sp³-hybridized carbons (Fsp3) is 1.00. The smallest absolute Gasteiger partial charge is 0.0732 e. The summed E-state index contributed by atoms with van der Waals surface area (Å²) in [6.07, 6.45) is 7.62. The van der Waals surface area contributed by atoms with Gasteiger partial charge in [-0.3, -0.25) is 4.84 Å². The summed E-state index contributed by atoms with van der Waals surface area (Å²) in [6.45, 7) is 1.16. The van der Waals surface area contributed by atoms with Gasteiger partial charge in [-0.25, -0.2) is 0 Å². The first-order chi connectivity index (χ1) is 6.87. The first-order valence-corrected chi connectivity index (χ1v) is 5.90. The lowest BCUT2D eigenvalue weighted by Gasteiger charge is -2.44. The van der Waals surface area contributed by atoms with Crippen LogP contribution in [0.1, 0.15) is 38.5 Å². The molecule has 80 valence electrons. The van der Waals surface area contributed by atoms with Gasteiger partial charge in [0.1, 0.15) is 0 Å². The van der Waals surface area contributed by atoms with Crippen molar-refractivity contribution in [3.63, 3.8) is 0 Å². The van der Waals surface area contributed by atoms with Gasteiger partial charge in [-0.15, -0.1) is 0 Å². The van der Waals surface area contributed by atoms with Crippen molar-refractivity contribution >= 4 is 0 Å². The molecular formula is C11H19NO2. The third-order valence-electron chi connectivity index (χ3n) is 4.47. The van der Waals surface area contributed by atoms with Gasteiger partial charge in [0.25, 0.3) is 0 Å². The maximum Gasteiger partial charge on any atom is 0.0732 e. The summed E-state index contributed by atoms with van der Waals surface area (Å²) < 4.78 is 0. The van der Waals surface area contributed by atoms with Gasteiger partial charge in [0, 0.05) is 5.92 Å². The van der Waals surface area contributed by atoms with Crippen LogP contribution in [0.25, 0.3) is 0 Å². The molecule has 0 bridgehead atoms. The third kappa shape index (κ3) is 1.03. The molecule has 2 heterocycles. The van der Waals surface area contributed by atoms with E-state index >= 15 is 0 Å². The second-order valence-corrected chi connectivity index (χ2v) is 5.04. The van der Waals surface area contributed by atoms with Gasteiger partial charge in [0.2, 0.25) is 0 Å². The lowest BCUT2D eigenvalue weighted by Crippen LogP contribution is -2.54. The quantitative estimate of drug-likeness (QED) is 0.688. The van der Waals surface area contributed by atoms with E-state index in [0.717, 1.165) is 18.9 Å². The summed E-state index contributed by atoms with van der Waals surface area (Å²) in [5, 5.41) is 11.5. The summed E-state index contributed by atoms with van der Waals surface area (Å²) >= 11 is 0. The number of rotatable bonds is 1. The number of aliphatic hydroxyl groups excluding tert-OH is 1. The van der Waals surface area contributed by atoms with Crippen molar-refractivity contribution in [1.82, 2.24) is 5.06 Å². The summed E-state index contributed by atoms with van der Waals surface area (Å²) in [4.78, 5) is 5.79. The van der Waals surface area contributed by atoms with Gasteiger partial charge in [0.05, 0.1) is 24.8 Å². The Morgan fingerprint density at radius 2 is 2.07 bits per heavy atom. The van der Waals surface area contributed by atoms with E-state index in [-0.39, 0.29) is 12.6 Å². The topological polar surface area (TPSA) is 32.7 Å². The zero-order chi connectivity index (χ0) is 9.60. The zero-order valence-corrected chi connectivity index (χ0v) is 8.61. The Bertz CT molecular complexity index is 233. The monoisotopic (exact) mass is 197 g/mol. The predicted molar refractivity (Wildman–Crippen MR) is 52.6 cm³/mol. The molecule has 0 amide bonds. The van der Waals surface area contributed by atoms with Crippen LogP contribution in [0.4, 0.5) is 0 Å². The van der Waals surface area contributed by atoms with Crippen LogP contribution in [0.3, 0.4) is 0 Å². The zero-order valence-electron chi connectivity index (χ0n) is 8.61. The molecule has 3 unspecified atom stereocenters.